The summed E-state index contributed by atoms with van der Waals surface area (Å²) in [4.78, 5) is 17.8. The van der Waals surface area contributed by atoms with Crippen LogP contribution >= 0.6 is 0 Å². The first-order valence-electron chi connectivity index (χ1n) is 3.50. The molecule has 0 saturated carbocycles. The van der Waals surface area contributed by atoms with Gasteiger partial charge in [-0.3, -0.25) is 4.79 Å². The highest BCUT2D eigenvalue weighted by Gasteiger charge is 2.37. The number of rotatable bonds is 2. The molecule has 0 bridgehead atoms. The summed E-state index contributed by atoms with van der Waals surface area (Å²) in [5.74, 6) is -1.81. The zero-order valence-electron chi connectivity index (χ0n) is 6.88. The van der Waals surface area contributed by atoms with Crippen LogP contribution in [0.15, 0.2) is 30.6 Å². The van der Waals surface area contributed by atoms with E-state index in [9.17, 15) is 18.0 Å². The lowest BCUT2D eigenvalue weighted by molar-refractivity contribution is -0.0884. The number of hydrogen-bond acceptors (Lipinski definition) is 3. The zero-order valence-corrected chi connectivity index (χ0v) is 6.88. The fourth-order valence-electron chi connectivity index (χ4n) is 0.680. The molecule has 0 N–H and O–H groups in total. The fraction of sp³-hybridized carbons (Fsp3) is 0.125. The number of carbonyl (C=O) groups excluding carboxylic acids is 1. The average Bonchev–Trinajstić information content (AvgIpc) is 2.15. The van der Waals surface area contributed by atoms with Gasteiger partial charge >= 0.3 is 6.18 Å². The molecule has 0 aromatic carbocycles. The van der Waals surface area contributed by atoms with Crippen molar-refractivity contribution in [2.75, 3.05) is 0 Å². The van der Waals surface area contributed by atoms with Gasteiger partial charge in [0.05, 0.1) is 5.57 Å². The number of carbonyl (C=O) groups is 1. The van der Waals surface area contributed by atoms with E-state index in [1.807, 2.05) is 0 Å². The van der Waals surface area contributed by atoms with E-state index in [-0.39, 0.29) is 0 Å². The molecule has 0 atom stereocenters. The molecule has 0 spiro atoms. The lowest BCUT2D eigenvalue weighted by atomic mass is 10.2. The van der Waals surface area contributed by atoms with Gasteiger partial charge in [0.25, 0.3) is 0 Å². The summed E-state index contributed by atoms with van der Waals surface area (Å²) in [6.07, 6.45) is -2.37. The molecule has 14 heavy (non-hydrogen) atoms. The quantitative estimate of drug-likeness (QED) is 0.542. The van der Waals surface area contributed by atoms with Gasteiger partial charge in [-0.15, -0.1) is 0 Å². The molecular formula is C8H5F3N2O. The first kappa shape index (κ1) is 10.4. The second-order valence-electron chi connectivity index (χ2n) is 2.38. The molecule has 0 aliphatic carbocycles. The summed E-state index contributed by atoms with van der Waals surface area (Å²) in [7, 11) is 0. The molecule has 0 aliphatic heterocycles. The Morgan fingerprint density at radius 1 is 1.29 bits per heavy atom. The summed E-state index contributed by atoms with van der Waals surface area (Å²) < 4.78 is 36.0. The van der Waals surface area contributed by atoms with Gasteiger partial charge in [-0.05, 0) is 6.07 Å². The Labute approximate surface area is 77.3 Å². The summed E-state index contributed by atoms with van der Waals surface area (Å²) >= 11 is 0. The van der Waals surface area contributed by atoms with Crippen molar-refractivity contribution in [2.45, 2.75) is 6.18 Å². The molecule has 6 heteroatoms. The van der Waals surface area contributed by atoms with Crippen LogP contribution < -0.4 is 0 Å². The fourth-order valence-corrected chi connectivity index (χ4v) is 0.680. The predicted molar refractivity (Wildman–Crippen MR) is 41.6 cm³/mol. The Kier molecular flexibility index (Phi) is 2.64. The van der Waals surface area contributed by atoms with Gasteiger partial charge < -0.3 is 0 Å². The second-order valence-corrected chi connectivity index (χ2v) is 2.38. The third kappa shape index (κ3) is 2.15. The van der Waals surface area contributed by atoms with Crippen molar-refractivity contribution in [3.63, 3.8) is 0 Å². The lowest BCUT2D eigenvalue weighted by Crippen LogP contribution is -2.20. The molecule has 1 heterocycles. The Hall–Kier alpha value is -1.72. The van der Waals surface area contributed by atoms with Crippen molar-refractivity contribution >= 4 is 5.78 Å². The first-order valence-corrected chi connectivity index (χ1v) is 3.50. The minimum atomic E-state index is -4.74. The number of nitrogens with zero attached hydrogens (tertiary/aromatic N) is 2. The monoisotopic (exact) mass is 202 g/mol. The van der Waals surface area contributed by atoms with Gasteiger partial charge in [0.1, 0.15) is 0 Å². The third-order valence-electron chi connectivity index (χ3n) is 1.39. The summed E-state index contributed by atoms with van der Waals surface area (Å²) in [5, 5.41) is 0. The van der Waals surface area contributed by atoms with Gasteiger partial charge in [-0.25, -0.2) is 9.97 Å². The minimum absolute atomic E-state index is 0.505. The molecule has 1 rings (SSSR count). The smallest absolute Gasteiger partial charge is 0.285 e. The maximum atomic E-state index is 12.0. The number of aromatic nitrogens is 2. The van der Waals surface area contributed by atoms with Crippen molar-refractivity contribution in [2.24, 2.45) is 0 Å². The molecule has 0 radical (unpaired) electrons. The Morgan fingerprint density at radius 2 is 1.79 bits per heavy atom. The average molecular weight is 202 g/mol. The van der Waals surface area contributed by atoms with E-state index in [1.54, 1.807) is 0 Å². The summed E-state index contributed by atoms with van der Waals surface area (Å²) in [6.45, 7) is 2.65. The molecule has 0 unspecified atom stereocenters. The van der Waals surface area contributed by atoms with Crippen molar-refractivity contribution in [3.05, 3.63) is 36.4 Å². The molecule has 0 aliphatic rings. The maximum absolute atomic E-state index is 12.0. The number of Topliss-reactive ketones (excluding diaryl/α,β-unsaturated/α-hetero) is 1. The number of ketones is 1. The Morgan fingerprint density at radius 3 is 2.21 bits per heavy atom. The zero-order chi connectivity index (χ0) is 10.8. The van der Waals surface area contributed by atoms with E-state index >= 15 is 0 Å². The highest BCUT2D eigenvalue weighted by molar-refractivity contribution is 6.06. The SMILES string of the molecule is C=C(C(=O)c1ncccn1)C(F)(F)F. The summed E-state index contributed by atoms with van der Waals surface area (Å²) in [6, 6.07) is 1.40. The molecule has 1 aromatic rings. The second kappa shape index (κ2) is 3.57. The Balaban J connectivity index is 2.93. The highest BCUT2D eigenvalue weighted by atomic mass is 19.4. The van der Waals surface area contributed by atoms with Gasteiger partial charge in [0.15, 0.2) is 0 Å². The van der Waals surface area contributed by atoms with E-state index in [0.29, 0.717) is 0 Å². The van der Waals surface area contributed by atoms with Crippen LogP contribution in [0.3, 0.4) is 0 Å². The number of allylic oxidation sites excluding steroid dienone is 1. The maximum Gasteiger partial charge on any atom is 0.419 e. The van der Waals surface area contributed by atoms with Crippen LogP contribution in [0.25, 0.3) is 0 Å². The van der Waals surface area contributed by atoms with E-state index in [1.165, 1.54) is 18.5 Å². The van der Waals surface area contributed by atoms with Crippen LogP contribution in [0.2, 0.25) is 0 Å². The first-order chi connectivity index (χ1) is 6.43. The topological polar surface area (TPSA) is 42.9 Å². The van der Waals surface area contributed by atoms with Gasteiger partial charge in [0, 0.05) is 12.4 Å². The third-order valence-corrected chi connectivity index (χ3v) is 1.39. The molecule has 0 saturated heterocycles. The predicted octanol–water partition coefficient (Wildman–Crippen LogP) is 1.78. The van der Waals surface area contributed by atoms with Gasteiger partial charge in [0.2, 0.25) is 11.6 Å². The van der Waals surface area contributed by atoms with E-state index in [2.05, 4.69) is 16.5 Å². The minimum Gasteiger partial charge on any atom is -0.285 e. The van der Waals surface area contributed by atoms with E-state index < -0.39 is 23.4 Å². The molecule has 0 amide bonds. The van der Waals surface area contributed by atoms with Crippen molar-refractivity contribution in [3.8, 4) is 0 Å². The van der Waals surface area contributed by atoms with Gasteiger partial charge in [-0.2, -0.15) is 13.2 Å². The Bertz CT molecular complexity index is 359. The largest absolute Gasteiger partial charge is 0.419 e. The van der Waals surface area contributed by atoms with Crippen LogP contribution in [0, 0.1) is 0 Å². The van der Waals surface area contributed by atoms with Crippen molar-refractivity contribution in [1.29, 1.82) is 0 Å². The van der Waals surface area contributed by atoms with Gasteiger partial charge in [-0.1, -0.05) is 6.58 Å². The van der Waals surface area contributed by atoms with Crippen LogP contribution in [0.5, 0.6) is 0 Å². The number of halogens is 3. The highest BCUT2D eigenvalue weighted by Crippen LogP contribution is 2.25. The standard InChI is InChI=1S/C8H5F3N2O/c1-5(8(9,10)11)6(14)7-12-3-2-4-13-7/h2-4H,1H2. The van der Waals surface area contributed by atoms with E-state index in [0.717, 1.165) is 0 Å². The van der Waals surface area contributed by atoms with Crippen LogP contribution in [-0.4, -0.2) is 21.9 Å². The van der Waals surface area contributed by atoms with Crippen molar-refractivity contribution in [1.82, 2.24) is 9.97 Å². The lowest BCUT2D eigenvalue weighted by Gasteiger charge is -2.06. The molecule has 3 nitrogen and oxygen atoms in total. The number of hydrogen-bond donors (Lipinski definition) is 0. The van der Waals surface area contributed by atoms with Crippen LogP contribution in [0.4, 0.5) is 13.2 Å². The molecule has 74 valence electrons. The molecule has 0 fully saturated rings. The number of alkyl halides is 3. The van der Waals surface area contributed by atoms with Crippen LogP contribution in [-0.2, 0) is 0 Å². The molecule has 1 aromatic heterocycles. The van der Waals surface area contributed by atoms with E-state index in [4.69, 9.17) is 0 Å². The van der Waals surface area contributed by atoms with Crippen LogP contribution in [0.1, 0.15) is 10.6 Å². The van der Waals surface area contributed by atoms with Crippen molar-refractivity contribution < 1.29 is 18.0 Å². The normalized spacial score (nSPS) is 11.1. The summed E-state index contributed by atoms with van der Waals surface area (Å²) in [5.41, 5.74) is -1.47. The molecular weight excluding hydrogens is 197 g/mol.